The normalized spacial score (nSPS) is 12.9. The van der Waals surface area contributed by atoms with E-state index in [9.17, 15) is 0 Å². The Morgan fingerprint density at radius 1 is 0.769 bits per heavy atom. The summed E-state index contributed by atoms with van der Waals surface area (Å²) in [5.74, 6) is 1.59. The zero-order valence-corrected chi connectivity index (χ0v) is 14.1. The van der Waals surface area contributed by atoms with Crippen LogP contribution >= 0.6 is 0 Å². The van der Waals surface area contributed by atoms with E-state index in [-0.39, 0.29) is 6.79 Å². The lowest BCUT2D eigenvalue weighted by Gasteiger charge is -2.01. The van der Waals surface area contributed by atoms with Crippen LogP contribution in [0.15, 0.2) is 72.8 Å². The van der Waals surface area contributed by atoms with Crippen molar-refractivity contribution in [3.63, 3.8) is 0 Å². The van der Waals surface area contributed by atoms with Crippen molar-refractivity contribution >= 4 is 23.1 Å². The molecule has 5 rings (SSSR count). The smallest absolute Gasteiger partial charge is 0.231 e. The maximum absolute atomic E-state index is 5.58. The highest BCUT2D eigenvalue weighted by molar-refractivity contribution is 6.00. The summed E-state index contributed by atoms with van der Waals surface area (Å²) in [5.41, 5.74) is 5.60. The molecule has 26 heavy (non-hydrogen) atoms. The van der Waals surface area contributed by atoms with E-state index in [0.717, 1.165) is 39.2 Å². The van der Waals surface area contributed by atoms with Crippen LogP contribution in [0.3, 0.4) is 0 Å². The van der Waals surface area contributed by atoms with Crippen molar-refractivity contribution in [3.05, 3.63) is 83.9 Å². The molecule has 0 fully saturated rings. The summed E-state index contributed by atoms with van der Waals surface area (Å²) >= 11 is 0. The number of fused-ring (bicyclic) bond motifs is 2. The lowest BCUT2D eigenvalue weighted by molar-refractivity contribution is 0.174. The quantitative estimate of drug-likeness (QED) is 0.517. The minimum atomic E-state index is 0.280. The molecule has 0 radical (unpaired) electrons. The van der Waals surface area contributed by atoms with Crippen molar-refractivity contribution in [2.75, 3.05) is 6.79 Å². The second-order valence-electron chi connectivity index (χ2n) is 6.27. The van der Waals surface area contributed by atoms with Crippen LogP contribution < -0.4 is 9.47 Å². The number of ether oxygens (including phenoxy) is 2. The number of benzene rings is 3. The molecule has 1 aromatic heterocycles. The Morgan fingerprint density at radius 2 is 1.46 bits per heavy atom. The maximum atomic E-state index is 5.58. The van der Waals surface area contributed by atoms with Gasteiger partial charge in [0.2, 0.25) is 6.79 Å². The lowest BCUT2D eigenvalue weighted by Crippen LogP contribution is -1.92. The summed E-state index contributed by atoms with van der Waals surface area (Å²) in [5, 5.41) is 1.13. The van der Waals surface area contributed by atoms with Crippen LogP contribution in [0.1, 0.15) is 11.1 Å². The Morgan fingerprint density at radius 3 is 2.23 bits per heavy atom. The SMILES string of the molecule is C(=C\c1c(-c2ccccc2)[nH]c2cc3c(cc12)OCO3)/c1ccccc1. The molecule has 0 atom stereocenters. The molecule has 0 saturated heterocycles. The van der Waals surface area contributed by atoms with Gasteiger partial charge in [0.25, 0.3) is 0 Å². The fraction of sp³-hybridized carbons (Fsp3) is 0.0435. The summed E-state index contributed by atoms with van der Waals surface area (Å²) in [7, 11) is 0. The van der Waals surface area contributed by atoms with Crippen LogP contribution in [0.4, 0.5) is 0 Å². The van der Waals surface area contributed by atoms with E-state index in [1.807, 2.05) is 30.3 Å². The molecule has 1 aliphatic heterocycles. The Hall–Kier alpha value is -3.46. The van der Waals surface area contributed by atoms with Gasteiger partial charge in [-0.05, 0) is 17.2 Å². The van der Waals surface area contributed by atoms with E-state index >= 15 is 0 Å². The molecule has 0 spiro atoms. The van der Waals surface area contributed by atoms with E-state index in [2.05, 4.69) is 59.6 Å². The molecule has 0 bridgehead atoms. The highest BCUT2D eigenvalue weighted by Crippen LogP contribution is 2.40. The summed E-state index contributed by atoms with van der Waals surface area (Å²) in [6.07, 6.45) is 4.30. The van der Waals surface area contributed by atoms with Gasteiger partial charge in [0.05, 0.1) is 11.2 Å². The number of rotatable bonds is 3. The van der Waals surface area contributed by atoms with Crippen molar-refractivity contribution in [2.24, 2.45) is 0 Å². The van der Waals surface area contributed by atoms with E-state index in [1.165, 1.54) is 5.56 Å². The van der Waals surface area contributed by atoms with Crippen molar-refractivity contribution in [3.8, 4) is 22.8 Å². The molecular weight excluding hydrogens is 322 g/mol. The molecule has 1 aliphatic rings. The van der Waals surface area contributed by atoms with E-state index in [0.29, 0.717) is 0 Å². The van der Waals surface area contributed by atoms with Crippen LogP contribution in [0.25, 0.3) is 34.3 Å². The second-order valence-corrected chi connectivity index (χ2v) is 6.27. The van der Waals surface area contributed by atoms with E-state index in [1.54, 1.807) is 0 Å². The monoisotopic (exact) mass is 339 g/mol. The highest BCUT2D eigenvalue weighted by Gasteiger charge is 2.18. The molecule has 126 valence electrons. The first kappa shape index (κ1) is 14.8. The second kappa shape index (κ2) is 6.12. The van der Waals surface area contributed by atoms with Crippen LogP contribution in [0, 0.1) is 0 Å². The summed E-state index contributed by atoms with van der Waals surface area (Å²) in [4.78, 5) is 3.56. The maximum Gasteiger partial charge on any atom is 0.231 e. The molecular formula is C23H17NO2. The minimum Gasteiger partial charge on any atom is -0.454 e. The minimum absolute atomic E-state index is 0.280. The first-order valence-corrected chi connectivity index (χ1v) is 8.62. The van der Waals surface area contributed by atoms with Gasteiger partial charge in [-0.15, -0.1) is 0 Å². The van der Waals surface area contributed by atoms with Crippen molar-refractivity contribution < 1.29 is 9.47 Å². The molecule has 3 aromatic carbocycles. The number of hydrogen-bond donors (Lipinski definition) is 1. The first-order chi connectivity index (χ1) is 12.9. The Bertz CT molecular complexity index is 1100. The van der Waals surface area contributed by atoms with Gasteiger partial charge in [0, 0.05) is 17.0 Å². The third kappa shape index (κ3) is 2.54. The number of aromatic amines is 1. The molecule has 3 heteroatoms. The molecule has 2 heterocycles. The van der Waals surface area contributed by atoms with E-state index < -0.39 is 0 Å². The average Bonchev–Trinajstić information content (AvgIpc) is 3.29. The molecule has 1 N–H and O–H groups in total. The number of aromatic nitrogens is 1. The van der Waals surface area contributed by atoms with Gasteiger partial charge in [-0.25, -0.2) is 0 Å². The Kier molecular flexibility index (Phi) is 3.49. The molecule has 3 nitrogen and oxygen atoms in total. The third-order valence-electron chi connectivity index (χ3n) is 4.64. The number of hydrogen-bond acceptors (Lipinski definition) is 2. The average molecular weight is 339 g/mol. The largest absolute Gasteiger partial charge is 0.454 e. The van der Waals surface area contributed by atoms with Gasteiger partial charge in [0.15, 0.2) is 11.5 Å². The van der Waals surface area contributed by atoms with Crippen LogP contribution in [0.2, 0.25) is 0 Å². The molecule has 0 aliphatic carbocycles. The van der Waals surface area contributed by atoms with Gasteiger partial charge in [-0.2, -0.15) is 0 Å². The number of nitrogens with one attached hydrogen (secondary N) is 1. The van der Waals surface area contributed by atoms with Crippen LogP contribution in [-0.2, 0) is 0 Å². The standard InChI is InChI=1S/C23H17NO2/c1-3-7-16(8-4-1)11-12-18-19-13-21-22(26-15-25-21)14-20(19)24-23(18)17-9-5-2-6-10-17/h1-14,24H,15H2/b12-11+. The molecule has 4 aromatic rings. The first-order valence-electron chi connectivity index (χ1n) is 8.62. The number of H-pyrrole nitrogens is 1. The summed E-state index contributed by atoms with van der Waals surface area (Å²) in [6, 6.07) is 24.8. The summed E-state index contributed by atoms with van der Waals surface area (Å²) < 4.78 is 11.1. The van der Waals surface area contributed by atoms with E-state index in [4.69, 9.17) is 9.47 Å². The van der Waals surface area contributed by atoms with Gasteiger partial charge in [-0.1, -0.05) is 72.8 Å². The van der Waals surface area contributed by atoms with Gasteiger partial charge >= 0.3 is 0 Å². The van der Waals surface area contributed by atoms with Gasteiger partial charge < -0.3 is 14.5 Å². The third-order valence-corrected chi connectivity index (χ3v) is 4.64. The highest BCUT2D eigenvalue weighted by atomic mass is 16.7. The summed E-state index contributed by atoms with van der Waals surface area (Å²) in [6.45, 7) is 0.280. The van der Waals surface area contributed by atoms with Gasteiger partial charge in [-0.3, -0.25) is 0 Å². The predicted molar refractivity (Wildman–Crippen MR) is 105 cm³/mol. The Balaban J connectivity index is 1.71. The molecule has 0 unspecified atom stereocenters. The predicted octanol–water partition coefficient (Wildman–Crippen LogP) is 5.73. The fourth-order valence-corrected chi connectivity index (χ4v) is 3.35. The van der Waals surface area contributed by atoms with Crippen molar-refractivity contribution in [1.82, 2.24) is 4.98 Å². The zero-order valence-electron chi connectivity index (χ0n) is 14.1. The van der Waals surface area contributed by atoms with Crippen LogP contribution in [-0.4, -0.2) is 11.8 Å². The zero-order chi connectivity index (χ0) is 17.3. The fourth-order valence-electron chi connectivity index (χ4n) is 3.35. The van der Waals surface area contributed by atoms with Gasteiger partial charge in [0.1, 0.15) is 0 Å². The van der Waals surface area contributed by atoms with Crippen molar-refractivity contribution in [2.45, 2.75) is 0 Å². The van der Waals surface area contributed by atoms with Crippen molar-refractivity contribution in [1.29, 1.82) is 0 Å². The molecule has 0 amide bonds. The molecule has 0 saturated carbocycles. The Labute approximate surface area is 151 Å². The lowest BCUT2D eigenvalue weighted by atomic mass is 10.0. The van der Waals surface area contributed by atoms with Crippen LogP contribution in [0.5, 0.6) is 11.5 Å². The topological polar surface area (TPSA) is 34.2 Å².